The number of aromatic nitrogens is 1. The summed E-state index contributed by atoms with van der Waals surface area (Å²) in [5.74, 6) is 0.180. The molecule has 2 N–H and O–H groups in total. The maximum Gasteiger partial charge on any atom is 0.0814 e. The van der Waals surface area contributed by atoms with E-state index in [4.69, 9.17) is 15.4 Å². The van der Waals surface area contributed by atoms with Crippen molar-refractivity contribution < 1.29 is 0 Å². The van der Waals surface area contributed by atoms with Gasteiger partial charge in [-0.15, -0.1) is 11.3 Å². The summed E-state index contributed by atoms with van der Waals surface area (Å²) in [7, 11) is 0. The van der Waals surface area contributed by atoms with Crippen LogP contribution in [0.15, 0.2) is 277 Å². The van der Waals surface area contributed by atoms with Crippen LogP contribution in [0.2, 0.25) is 0 Å². The monoisotopic (exact) mass is 965 g/mol. The van der Waals surface area contributed by atoms with Gasteiger partial charge in [-0.2, -0.15) is 0 Å². The predicted octanol–water partition coefficient (Wildman–Crippen LogP) is 17.6. The van der Waals surface area contributed by atoms with Crippen molar-refractivity contribution in [2.45, 2.75) is 0 Å². The Bertz CT molecular complexity index is 4030. The Hall–Kier alpha value is -9.49. The molecular formula is C68H47N5S. The summed E-state index contributed by atoms with van der Waals surface area (Å²) in [5, 5.41) is 15.1. The lowest BCUT2D eigenvalue weighted by Crippen LogP contribution is -2.17. The van der Waals surface area contributed by atoms with E-state index in [1.807, 2.05) is 48.8 Å². The highest BCUT2D eigenvalue weighted by Crippen LogP contribution is 2.47. The summed E-state index contributed by atoms with van der Waals surface area (Å²) in [6.45, 7) is 0. The van der Waals surface area contributed by atoms with Crippen LogP contribution >= 0.6 is 11.3 Å². The Kier molecular flexibility index (Phi) is 11.6. The molecule has 8 aromatic carbocycles. The van der Waals surface area contributed by atoms with E-state index in [1.165, 1.54) is 54.7 Å². The molecule has 2 aromatic heterocycles. The smallest absolute Gasteiger partial charge is 0.0814 e. The molecule has 6 heteroatoms. The Balaban J connectivity index is 0.792. The van der Waals surface area contributed by atoms with E-state index in [9.17, 15) is 0 Å². The molecule has 0 bridgehead atoms. The first-order valence-electron chi connectivity index (χ1n) is 24.9. The molecule has 0 fully saturated rings. The molecule has 2 aliphatic carbocycles. The highest BCUT2D eigenvalue weighted by atomic mass is 32.1. The number of nitrogens with zero attached hydrogens (tertiary/aromatic N) is 3. The molecule has 1 aliphatic heterocycles. The first-order valence-corrected chi connectivity index (χ1v) is 25.7. The topological polar surface area (TPSA) is 64.4 Å². The van der Waals surface area contributed by atoms with Crippen LogP contribution in [0.25, 0.3) is 70.5 Å². The lowest BCUT2D eigenvalue weighted by molar-refractivity contribution is 0.997. The van der Waals surface area contributed by atoms with Gasteiger partial charge in [0, 0.05) is 59.9 Å². The molecule has 1 atom stereocenters. The van der Waals surface area contributed by atoms with Gasteiger partial charge in [0.05, 0.1) is 40.9 Å². The van der Waals surface area contributed by atoms with Crippen LogP contribution < -0.4 is 10.2 Å². The minimum absolute atomic E-state index is 0.180. The van der Waals surface area contributed by atoms with Crippen LogP contribution in [-0.2, 0) is 0 Å². The van der Waals surface area contributed by atoms with Crippen molar-refractivity contribution in [3.05, 3.63) is 295 Å². The number of rotatable bonds is 11. The standard InChI is InChI=1S/C68H47N5S/c69-62-33-14-13-28-59(62)66(60-32-17-31-58-57-30-16-29-56(67(57)74-68(58)60)45-18-5-1-6-19-45)71-43-53-35-36-54(44-70-53)72-63-37-34-50(40-61(63)46-20-7-2-8-21-46)48-24-15-25-49(38-48)51-39-52-42-64(47-22-9-3-10-23-47)73(65(52)41-51)55-26-11-4-12-27-55/h1-44,52,69,72H/b66-59-,69-62?,71-43+. The number of nitrogens with one attached hydrogen (secondary N) is 2. The van der Waals surface area contributed by atoms with Crippen molar-refractivity contribution >= 4 is 77.5 Å². The number of pyridine rings is 1. The highest BCUT2D eigenvalue weighted by molar-refractivity contribution is 7.26. The zero-order valence-electron chi connectivity index (χ0n) is 40.2. The summed E-state index contributed by atoms with van der Waals surface area (Å²) in [4.78, 5) is 12.5. The van der Waals surface area contributed by atoms with E-state index >= 15 is 0 Å². The number of benzene rings is 8. The molecular weight excluding hydrogens is 919 g/mol. The number of fused-ring (bicyclic) bond motifs is 4. The second-order valence-corrected chi connectivity index (χ2v) is 19.6. The summed E-state index contributed by atoms with van der Waals surface area (Å²) < 4.78 is 2.37. The molecule has 3 aliphatic rings. The molecule has 74 heavy (non-hydrogen) atoms. The number of para-hydroxylation sites is 1. The van der Waals surface area contributed by atoms with Crippen molar-refractivity contribution in [3.8, 4) is 33.4 Å². The van der Waals surface area contributed by atoms with Crippen molar-refractivity contribution in [2.75, 3.05) is 10.2 Å². The van der Waals surface area contributed by atoms with Gasteiger partial charge in [0.2, 0.25) is 0 Å². The van der Waals surface area contributed by atoms with Crippen LogP contribution in [0.5, 0.6) is 0 Å². The summed E-state index contributed by atoms with van der Waals surface area (Å²) in [6, 6.07) is 75.0. The Morgan fingerprint density at radius 3 is 1.96 bits per heavy atom. The number of thiophene rings is 1. The lowest BCUT2D eigenvalue weighted by atomic mass is 9.95. The minimum atomic E-state index is 0.180. The zero-order valence-corrected chi connectivity index (χ0v) is 41.0. The third-order valence-electron chi connectivity index (χ3n) is 14.0. The lowest BCUT2D eigenvalue weighted by Gasteiger charge is -2.25. The molecule has 0 saturated heterocycles. The summed E-state index contributed by atoms with van der Waals surface area (Å²) >= 11 is 1.78. The second-order valence-electron chi connectivity index (χ2n) is 18.6. The predicted molar refractivity (Wildman–Crippen MR) is 313 cm³/mol. The van der Waals surface area contributed by atoms with E-state index in [-0.39, 0.29) is 5.92 Å². The van der Waals surface area contributed by atoms with Crippen molar-refractivity contribution in [2.24, 2.45) is 10.9 Å². The average molecular weight is 966 g/mol. The van der Waals surface area contributed by atoms with Crippen molar-refractivity contribution in [3.63, 3.8) is 0 Å². The molecule has 0 saturated carbocycles. The Morgan fingerprint density at radius 2 is 1.22 bits per heavy atom. The van der Waals surface area contributed by atoms with Gasteiger partial charge in [-0.3, -0.25) is 9.98 Å². The molecule has 350 valence electrons. The van der Waals surface area contributed by atoms with Crippen LogP contribution in [0.1, 0.15) is 22.4 Å². The number of allylic oxidation sites excluding steroid dienone is 8. The molecule has 0 radical (unpaired) electrons. The van der Waals surface area contributed by atoms with Gasteiger partial charge in [-0.1, -0.05) is 194 Å². The zero-order chi connectivity index (χ0) is 49.4. The fourth-order valence-corrected chi connectivity index (χ4v) is 11.8. The minimum Gasteiger partial charge on any atom is -0.354 e. The van der Waals surface area contributed by atoms with E-state index in [0.29, 0.717) is 11.4 Å². The Morgan fingerprint density at radius 1 is 0.568 bits per heavy atom. The number of anilines is 3. The molecule has 5 nitrogen and oxygen atoms in total. The number of aliphatic imine (C=N–C) groups is 1. The third kappa shape index (κ3) is 8.43. The van der Waals surface area contributed by atoms with Gasteiger partial charge in [0.25, 0.3) is 0 Å². The van der Waals surface area contributed by atoms with Crippen LogP contribution in [0, 0.1) is 11.3 Å². The van der Waals surface area contributed by atoms with Gasteiger partial charge in [0.1, 0.15) is 0 Å². The van der Waals surface area contributed by atoms with Crippen LogP contribution in [-0.4, -0.2) is 16.9 Å². The van der Waals surface area contributed by atoms with Crippen molar-refractivity contribution in [1.82, 2.24) is 4.98 Å². The molecule has 10 aromatic rings. The molecule has 1 unspecified atom stereocenters. The number of hydrogen-bond donors (Lipinski definition) is 2. The average Bonchev–Trinajstić information content (AvgIpc) is 4.17. The quantitative estimate of drug-likeness (QED) is 0.127. The van der Waals surface area contributed by atoms with Gasteiger partial charge >= 0.3 is 0 Å². The van der Waals surface area contributed by atoms with Crippen molar-refractivity contribution in [1.29, 1.82) is 5.41 Å². The van der Waals surface area contributed by atoms with Gasteiger partial charge in [0.15, 0.2) is 0 Å². The van der Waals surface area contributed by atoms with Gasteiger partial charge in [-0.25, -0.2) is 0 Å². The highest BCUT2D eigenvalue weighted by Gasteiger charge is 2.33. The Labute approximate surface area is 434 Å². The van der Waals surface area contributed by atoms with E-state index in [1.54, 1.807) is 11.3 Å². The summed E-state index contributed by atoms with van der Waals surface area (Å²) in [6.07, 6.45) is 18.5. The first-order chi connectivity index (χ1) is 36.6. The summed E-state index contributed by atoms with van der Waals surface area (Å²) in [5.41, 5.74) is 19.6. The molecule has 13 rings (SSSR count). The second kappa shape index (κ2) is 19.3. The molecule has 3 heterocycles. The maximum absolute atomic E-state index is 8.98. The maximum atomic E-state index is 8.98. The van der Waals surface area contributed by atoms with E-state index < -0.39 is 0 Å². The van der Waals surface area contributed by atoms with Crippen LogP contribution in [0.3, 0.4) is 0 Å². The van der Waals surface area contributed by atoms with Crippen LogP contribution in [0.4, 0.5) is 17.1 Å². The fourth-order valence-electron chi connectivity index (χ4n) is 10.4. The molecule has 0 spiro atoms. The first kappa shape index (κ1) is 44.5. The largest absolute Gasteiger partial charge is 0.354 e. The number of hydrogen-bond acceptors (Lipinski definition) is 6. The van der Waals surface area contributed by atoms with E-state index in [0.717, 1.165) is 60.8 Å². The SMILES string of the molecule is N=C1C=CC=C/C1=C(/N=C/c1ccc(Nc2ccc(-c3cccc(C4=CC5C=C(c6ccccc6)N(c6ccccc6)C5=C4)c3)cc2-c2ccccc2)cn1)c1cccc2c1sc1c(-c3ccccc3)cccc12. The third-order valence-corrected chi connectivity index (χ3v) is 15.3. The normalized spacial score (nSPS) is 15.7. The van der Waals surface area contributed by atoms with Gasteiger partial charge < -0.3 is 15.6 Å². The molecule has 0 amide bonds. The van der Waals surface area contributed by atoms with E-state index in [2.05, 4.69) is 229 Å². The van der Waals surface area contributed by atoms with Gasteiger partial charge in [-0.05, 0) is 105 Å². The fraction of sp³-hybridized carbons (Fsp3) is 0.0147.